The van der Waals surface area contributed by atoms with Crippen LogP contribution in [-0.4, -0.2) is 18.9 Å². The number of rotatable bonds is 2. The molecule has 0 radical (unpaired) electrons. The fourth-order valence-corrected chi connectivity index (χ4v) is 1.01. The molecule has 0 saturated heterocycles. The molecule has 3 heteroatoms. The Labute approximate surface area is 83.1 Å². The molecule has 0 unspecified atom stereocenters. The predicted octanol–water partition coefficient (Wildman–Crippen LogP) is 0.138. The molecule has 1 rings (SSSR count). The van der Waals surface area contributed by atoms with Gasteiger partial charge in [0.05, 0.1) is 13.1 Å². The summed E-state index contributed by atoms with van der Waals surface area (Å²) in [4.78, 5) is 11.2. The van der Waals surface area contributed by atoms with Crippen LogP contribution in [0.3, 0.4) is 0 Å². The van der Waals surface area contributed by atoms with E-state index in [4.69, 9.17) is 11.5 Å². The smallest absolute Gasteiger partial charge is 0.176 e. The first-order valence-corrected chi connectivity index (χ1v) is 4.30. The highest BCUT2D eigenvalue weighted by Crippen LogP contribution is 2.03. The van der Waals surface area contributed by atoms with E-state index in [-0.39, 0.29) is 12.3 Å². The van der Waals surface area contributed by atoms with Gasteiger partial charge in [0.15, 0.2) is 5.78 Å². The minimum absolute atomic E-state index is 0.0355. The standard InChI is InChI=1S/C11H12N2O/c12-7-1-2-9-3-5-10(6-4-9)11(14)8-13/h3-6H,7-8,12-13H2. The zero-order chi connectivity index (χ0) is 10.4. The molecule has 0 aromatic heterocycles. The minimum Gasteiger partial charge on any atom is -0.324 e. The zero-order valence-electron chi connectivity index (χ0n) is 7.79. The molecule has 0 amide bonds. The van der Waals surface area contributed by atoms with Crippen molar-refractivity contribution in [3.05, 3.63) is 35.4 Å². The topological polar surface area (TPSA) is 69.1 Å². The normalized spacial score (nSPS) is 9.00. The van der Waals surface area contributed by atoms with E-state index in [0.717, 1.165) is 5.56 Å². The molecule has 1 aromatic rings. The van der Waals surface area contributed by atoms with Crippen molar-refractivity contribution in [3.63, 3.8) is 0 Å². The molecular formula is C11H12N2O. The molecule has 0 aliphatic carbocycles. The van der Waals surface area contributed by atoms with Crippen molar-refractivity contribution in [3.8, 4) is 11.8 Å². The Kier molecular flexibility index (Phi) is 3.86. The first kappa shape index (κ1) is 10.5. The fourth-order valence-electron chi connectivity index (χ4n) is 1.01. The molecule has 0 atom stereocenters. The Morgan fingerprint density at radius 2 is 1.86 bits per heavy atom. The Morgan fingerprint density at radius 1 is 1.21 bits per heavy atom. The molecule has 0 aliphatic rings. The Balaban J connectivity index is 2.83. The SMILES string of the molecule is NCC#Cc1ccc(C(=O)CN)cc1. The van der Waals surface area contributed by atoms with E-state index >= 15 is 0 Å². The largest absolute Gasteiger partial charge is 0.324 e. The summed E-state index contributed by atoms with van der Waals surface area (Å²) in [7, 11) is 0. The van der Waals surface area contributed by atoms with E-state index in [1.807, 2.05) is 0 Å². The summed E-state index contributed by atoms with van der Waals surface area (Å²) in [5, 5.41) is 0. The molecule has 1 aromatic carbocycles. The molecule has 0 bridgehead atoms. The van der Waals surface area contributed by atoms with Crippen LogP contribution in [0.4, 0.5) is 0 Å². The van der Waals surface area contributed by atoms with Crippen LogP contribution in [0.5, 0.6) is 0 Å². The van der Waals surface area contributed by atoms with Crippen LogP contribution in [0.2, 0.25) is 0 Å². The van der Waals surface area contributed by atoms with E-state index in [1.165, 1.54) is 0 Å². The van der Waals surface area contributed by atoms with Crippen LogP contribution in [0.15, 0.2) is 24.3 Å². The summed E-state index contributed by atoms with van der Waals surface area (Å²) < 4.78 is 0. The maximum absolute atomic E-state index is 11.2. The van der Waals surface area contributed by atoms with Crippen LogP contribution in [0, 0.1) is 11.8 Å². The molecule has 0 heterocycles. The lowest BCUT2D eigenvalue weighted by atomic mass is 10.1. The highest BCUT2D eigenvalue weighted by atomic mass is 16.1. The van der Waals surface area contributed by atoms with Gasteiger partial charge >= 0.3 is 0 Å². The first-order chi connectivity index (χ1) is 6.77. The van der Waals surface area contributed by atoms with Gasteiger partial charge in [-0.25, -0.2) is 0 Å². The maximum Gasteiger partial charge on any atom is 0.176 e. The van der Waals surface area contributed by atoms with Crippen LogP contribution < -0.4 is 11.5 Å². The van der Waals surface area contributed by atoms with Gasteiger partial charge in [-0.1, -0.05) is 24.0 Å². The lowest BCUT2D eigenvalue weighted by Gasteiger charge is -1.96. The van der Waals surface area contributed by atoms with E-state index in [0.29, 0.717) is 12.1 Å². The second-order valence-corrected chi connectivity index (χ2v) is 2.71. The molecule has 3 nitrogen and oxygen atoms in total. The lowest BCUT2D eigenvalue weighted by Crippen LogP contribution is -2.13. The number of ketones is 1. The number of carbonyl (C=O) groups is 1. The highest BCUT2D eigenvalue weighted by molar-refractivity contribution is 5.97. The van der Waals surface area contributed by atoms with Gasteiger partial charge in [0.25, 0.3) is 0 Å². The van der Waals surface area contributed by atoms with Gasteiger partial charge in [-0.3, -0.25) is 4.79 Å². The third-order valence-electron chi connectivity index (χ3n) is 1.73. The van der Waals surface area contributed by atoms with Gasteiger partial charge in [-0.05, 0) is 12.1 Å². The van der Waals surface area contributed by atoms with Crippen molar-refractivity contribution in [2.75, 3.05) is 13.1 Å². The van der Waals surface area contributed by atoms with Crippen molar-refractivity contribution in [1.29, 1.82) is 0 Å². The van der Waals surface area contributed by atoms with Gasteiger partial charge in [0.1, 0.15) is 0 Å². The maximum atomic E-state index is 11.2. The average Bonchev–Trinajstić information content (AvgIpc) is 2.26. The third kappa shape index (κ3) is 2.70. The second-order valence-electron chi connectivity index (χ2n) is 2.71. The fraction of sp³-hybridized carbons (Fsp3) is 0.182. The summed E-state index contributed by atoms with van der Waals surface area (Å²) in [6, 6.07) is 7.00. The van der Waals surface area contributed by atoms with Gasteiger partial charge in [0.2, 0.25) is 0 Å². The third-order valence-corrected chi connectivity index (χ3v) is 1.73. The highest BCUT2D eigenvalue weighted by Gasteiger charge is 2.01. The van der Waals surface area contributed by atoms with E-state index in [1.54, 1.807) is 24.3 Å². The number of hydrogen-bond acceptors (Lipinski definition) is 3. The van der Waals surface area contributed by atoms with E-state index in [9.17, 15) is 4.79 Å². The molecule has 0 aliphatic heterocycles. The number of benzene rings is 1. The summed E-state index contributed by atoms with van der Waals surface area (Å²) in [6.07, 6.45) is 0. The summed E-state index contributed by atoms with van der Waals surface area (Å²) in [5.74, 6) is 5.54. The summed E-state index contributed by atoms with van der Waals surface area (Å²) in [5.41, 5.74) is 11.9. The molecule has 4 N–H and O–H groups in total. The van der Waals surface area contributed by atoms with Crippen molar-refractivity contribution >= 4 is 5.78 Å². The van der Waals surface area contributed by atoms with Gasteiger partial charge < -0.3 is 11.5 Å². The van der Waals surface area contributed by atoms with Crippen LogP contribution in [-0.2, 0) is 0 Å². The second kappa shape index (κ2) is 5.18. The molecule has 14 heavy (non-hydrogen) atoms. The quantitative estimate of drug-likeness (QED) is 0.512. The lowest BCUT2D eigenvalue weighted by molar-refractivity contribution is 0.100. The van der Waals surface area contributed by atoms with Crippen LogP contribution in [0.25, 0.3) is 0 Å². The van der Waals surface area contributed by atoms with Gasteiger partial charge in [-0.15, -0.1) is 0 Å². The van der Waals surface area contributed by atoms with Crippen molar-refractivity contribution in [1.82, 2.24) is 0 Å². The van der Waals surface area contributed by atoms with Crippen molar-refractivity contribution < 1.29 is 4.79 Å². The predicted molar refractivity (Wildman–Crippen MR) is 55.8 cm³/mol. The molecular weight excluding hydrogens is 176 g/mol. The number of nitrogens with two attached hydrogens (primary N) is 2. The Hall–Kier alpha value is -1.63. The molecule has 0 spiro atoms. The van der Waals surface area contributed by atoms with E-state index in [2.05, 4.69) is 11.8 Å². The molecule has 72 valence electrons. The zero-order valence-corrected chi connectivity index (χ0v) is 7.79. The first-order valence-electron chi connectivity index (χ1n) is 4.30. The van der Waals surface area contributed by atoms with Crippen molar-refractivity contribution in [2.45, 2.75) is 0 Å². The number of Topliss-reactive ketones (excluding diaryl/α,β-unsaturated/α-hetero) is 1. The van der Waals surface area contributed by atoms with Crippen molar-refractivity contribution in [2.24, 2.45) is 11.5 Å². The van der Waals surface area contributed by atoms with Crippen LogP contribution in [0.1, 0.15) is 15.9 Å². The summed E-state index contributed by atoms with van der Waals surface area (Å²) >= 11 is 0. The minimum atomic E-state index is -0.0664. The number of carbonyl (C=O) groups excluding carboxylic acids is 1. The van der Waals surface area contributed by atoms with Gasteiger partial charge in [0, 0.05) is 11.1 Å². The Bertz CT molecular complexity index is 371. The molecule has 0 fully saturated rings. The van der Waals surface area contributed by atoms with Gasteiger partial charge in [-0.2, -0.15) is 0 Å². The summed E-state index contributed by atoms with van der Waals surface area (Å²) in [6.45, 7) is 0.372. The average molecular weight is 188 g/mol. The van der Waals surface area contributed by atoms with Crippen LogP contribution >= 0.6 is 0 Å². The molecule has 0 saturated carbocycles. The van der Waals surface area contributed by atoms with E-state index < -0.39 is 0 Å². The monoisotopic (exact) mass is 188 g/mol. The number of hydrogen-bond donors (Lipinski definition) is 2. The Morgan fingerprint density at radius 3 is 2.36 bits per heavy atom.